The molecule has 12 N–H and O–H groups in total. The van der Waals surface area contributed by atoms with Crippen LogP contribution >= 0.6 is 0 Å². The molecule has 0 fully saturated rings. The maximum absolute atomic E-state index is 14.1. The lowest BCUT2D eigenvalue weighted by atomic mass is 9.96. The zero-order valence-electron chi connectivity index (χ0n) is 33.3. The van der Waals surface area contributed by atoms with E-state index in [1.165, 1.54) is 20.8 Å². The van der Waals surface area contributed by atoms with Crippen LogP contribution in [0.1, 0.15) is 71.4 Å². The number of nitrogens with one attached hydrogen (secondary N) is 6. The summed E-state index contributed by atoms with van der Waals surface area (Å²) in [6.07, 6.45) is -1.16. The van der Waals surface area contributed by atoms with Crippen LogP contribution in [0.4, 0.5) is 0 Å². The highest BCUT2D eigenvalue weighted by molar-refractivity contribution is 5.97. The fraction of sp³-hybridized carbons (Fsp3) is 0.525. The van der Waals surface area contributed by atoms with Gasteiger partial charge in [0.25, 0.3) is 0 Å². The maximum atomic E-state index is 14.1. The Morgan fingerprint density at radius 3 is 1.42 bits per heavy atom. The molecular weight excluding hydrogens is 736 g/mol. The average Bonchev–Trinajstić information content (AvgIpc) is 3.16. The van der Waals surface area contributed by atoms with Crippen LogP contribution < -0.4 is 43.4 Å². The number of hydrogen-bond donors (Lipinski definition) is 10. The molecule has 0 radical (unpaired) electrons. The van der Waals surface area contributed by atoms with Crippen molar-refractivity contribution in [3.8, 4) is 0 Å². The van der Waals surface area contributed by atoms with Gasteiger partial charge in [-0.25, -0.2) is 0 Å². The molecule has 0 saturated carbocycles. The molecule has 0 aliphatic rings. The van der Waals surface area contributed by atoms with Crippen molar-refractivity contribution in [3.63, 3.8) is 0 Å². The highest BCUT2D eigenvalue weighted by atomic mass is 16.3. The van der Waals surface area contributed by atoms with Gasteiger partial charge in [0.05, 0.1) is 12.2 Å². The summed E-state index contributed by atoms with van der Waals surface area (Å²) >= 11 is 0. The molecule has 7 amide bonds. The highest BCUT2D eigenvalue weighted by Gasteiger charge is 2.35. The van der Waals surface area contributed by atoms with E-state index in [-0.39, 0.29) is 19.3 Å². The number of aliphatic hydroxyl groups excluding tert-OH is 2. The van der Waals surface area contributed by atoms with Gasteiger partial charge in [0.15, 0.2) is 0 Å². The molecule has 0 spiro atoms. The summed E-state index contributed by atoms with van der Waals surface area (Å²) in [5.74, 6) is -5.79. The van der Waals surface area contributed by atoms with Crippen molar-refractivity contribution in [2.75, 3.05) is 6.54 Å². The van der Waals surface area contributed by atoms with Gasteiger partial charge in [0, 0.05) is 19.8 Å². The summed E-state index contributed by atoms with van der Waals surface area (Å²) < 4.78 is 0. The van der Waals surface area contributed by atoms with Gasteiger partial charge in [0.1, 0.15) is 36.3 Å². The van der Waals surface area contributed by atoms with Crippen molar-refractivity contribution in [1.82, 2.24) is 31.9 Å². The lowest BCUT2D eigenvalue weighted by molar-refractivity contribution is -0.136. The molecule has 0 saturated heterocycles. The van der Waals surface area contributed by atoms with E-state index in [2.05, 4.69) is 31.9 Å². The normalized spacial score (nSPS) is 15.8. The van der Waals surface area contributed by atoms with Gasteiger partial charge in [-0.05, 0) is 56.7 Å². The van der Waals surface area contributed by atoms with Crippen LogP contribution in [0.15, 0.2) is 60.7 Å². The first kappa shape index (κ1) is 47.8. The van der Waals surface area contributed by atoms with Crippen LogP contribution in [-0.2, 0) is 46.4 Å². The molecule has 0 bridgehead atoms. The number of nitrogens with two attached hydrogens (primary N) is 2. The number of unbranched alkanes of at least 4 members (excludes halogenated alkanes) is 1. The first-order valence-corrected chi connectivity index (χ1v) is 19.2. The average molecular weight is 797 g/mol. The fourth-order valence-corrected chi connectivity index (χ4v) is 5.94. The Balaban J connectivity index is 2.42. The lowest BCUT2D eigenvalue weighted by Crippen LogP contribution is -2.62. The first-order chi connectivity index (χ1) is 27.0. The number of carbonyl (C=O) groups is 7. The predicted octanol–water partition coefficient (Wildman–Crippen LogP) is -1.18. The van der Waals surface area contributed by atoms with Gasteiger partial charge in [-0.1, -0.05) is 80.9 Å². The van der Waals surface area contributed by atoms with E-state index in [9.17, 15) is 43.8 Å². The van der Waals surface area contributed by atoms with Crippen LogP contribution in [-0.4, -0.2) is 107 Å². The van der Waals surface area contributed by atoms with E-state index in [0.717, 1.165) is 0 Å². The molecule has 57 heavy (non-hydrogen) atoms. The molecule has 314 valence electrons. The van der Waals surface area contributed by atoms with Crippen molar-refractivity contribution < 1.29 is 43.8 Å². The van der Waals surface area contributed by atoms with Crippen LogP contribution in [0, 0.1) is 5.92 Å². The molecule has 0 heterocycles. The zero-order chi connectivity index (χ0) is 42.7. The summed E-state index contributed by atoms with van der Waals surface area (Å²) in [4.78, 5) is 92.6. The SMILES string of the molecule is CC[C@H](C)[C@H](NC(=O)[C@H](CCCCN)NC(=O)[C@H](Cc1ccccc1)NC(=O)[C@@H](NC(C)=O)[C@@H](C)O)C(=O)N[C@@H](Cc1ccccc1)C(=O)N[C@H](C(N)=O)[C@@H](C)O. The summed E-state index contributed by atoms with van der Waals surface area (Å²) in [6.45, 7) is 7.64. The van der Waals surface area contributed by atoms with Crippen molar-refractivity contribution in [3.05, 3.63) is 71.8 Å². The minimum absolute atomic E-state index is 0.00338. The van der Waals surface area contributed by atoms with Gasteiger partial charge in [-0.2, -0.15) is 0 Å². The van der Waals surface area contributed by atoms with Gasteiger partial charge >= 0.3 is 0 Å². The molecule has 9 atom stereocenters. The van der Waals surface area contributed by atoms with Crippen molar-refractivity contribution in [2.45, 2.75) is 122 Å². The molecular formula is C40H60N8O9. The predicted molar refractivity (Wildman–Crippen MR) is 212 cm³/mol. The van der Waals surface area contributed by atoms with Crippen molar-refractivity contribution in [1.29, 1.82) is 0 Å². The first-order valence-electron chi connectivity index (χ1n) is 19.2. The second-order valence-corrected chi connectivity index (χ2v) is 14.3. The van der Waals surface area contributed by atoms with Crippen LogP contribution in [0.3, 0.4) is 0 Å². The van der Waals surface area contributed by atoms with Crippen molar-refractivity contribution in [2.24, 2.45) is 17.4 Å². The Hall–Kier alpha value is -5.39. The maximum Gasteiger partial charge on any atom is 0.245 e. The second-order valence-electron chi connectivity index (χ2n) is 14.3. The molecule has 0 aliphatic carbocycles. The summed E-state index contributed by atoms with van der Waals surface area (Å²) in [5.41, 5.74) is 12.5. The monoisotopic (exact) mass is 796 g/mol. The summed E-state index contributed by atoms with van der Waals surface area (Å²) in [7, 11) is 0. The third kappa shape index (κ3) is 16.3. The largest absolute Gasteiger partial charge is 0.391 e. The van der Waals surface area contributed by atoms with Gasteiger partial charge < -0.3 is 53.6 Å². The minimum Gasteiger partial charge on any atom is -0.391 e. The molecule has 0 unspecified atom stereocenters. The topological polar surface area (TPSA) is 284 Å². The number of carbonyl (C=O) groups excluding carboxylic acids is 7. The third-order valence-corrected chi connectivity index (χ3v) is 9.41. The molecule has 17 heteroatoms. The standard InChI is InChI=1S/C40H60N8O9/c1-6-23(2)32(39(56)45-31(22-28-17-11-8-12-18-28)38(55)48-33(24(3)49)35(42)52)47-36(53)29(19-13-14-20-41)44-37(54)30(21-27-15-9-7-10-16-27)46-40(57)34(25(4)50)43-26(5)51/h7-12,15-18,23-25,29-34,49-50H,6,13-14,19-22,41H2,1-5H3,(H2,42,52)(H,43,51)(H,44,54)(H,45,56)(H,46,57)(H,47,53)(H,48,55)/t23-,24+,25+,29-,30-,31-,32-,33-,34-/m0/s1. The number of hydrogen-bond acceptors (Lipinski definition) is 10. The van der Waals surface area contributed by atoms with Crippen molar-refractivity contribution >= 4 is 41.4 Å². The number of amides is 7. The Kier molecular flexibility index (Phi) is 20.4. The Bertz CT molecular complexity index is 1630. The molecule has 0 aliphatic heterocycles. The smallest absolute Gasteiger partial charge is 0.245 e. The fourth-order valence-electron chi connectivity index (χ4n) is 5.94. The van der Waals surface area contributed by atoms with Gasteiger partial charge in [0.2, 0.25) is 41.4 Å². The van der Waals surface area contributed by atoms with Crippen LogP contribution in [0.25, 0.3) is 0 Å². The number of primary amides is 1. The molecule has 2 rings (SSSR count). The number of benzene rings is 2. The van der Waals surface area contributed by atoms with E-state index >= 15 is 0 Å². The third-order valence-electron chi connectivity index (χ3n) is 9.41. The zero-order valence-corrected chi connectivity index (χ0v) is 33.3. The van der Waals surface area contributed by atoms with Gasteiger partial charge in [-0.3, -0.25) is 33.6 Å². The van der Waals surface area contributed by atoms with E-state index < -0.39 is 95.7 Å². The molecule has 17 nitrogen and oxygen atoms in total. The summed E-state index contributed by atoms with van der Waals surface area (Å²) in [5, 5.41) is 35.9. The molecule has 0 aromatic heterocycles. The Labute approximate surface area is 333 Å². The minimum atomic E-state index is -1.44. The van der Waals surface area contributed by atoms with E-state index in [1.807, 2.05) is 6.92 Å². The second kappa shape index (κ2) is 24.3. The molecule has 2 aromatic carbocycles. The van der Waals surface area contributed by atoms with Crippen LogP contribution in [0.5, 0.6) is 0 Å². The van der Waals surface area contributed by atoms with Crippen LogP contribution in [0.2, 0.25) is 0 Å². The van der Waals surface area contributed by atoms with E-state index in [4.69, 9.17) is 11.5 Å². The Morgan fingerprint density at radius 2 is 1.00 bits per heavy atom. The van der Waals surface area contributed by atoms with E-state index in [1.54, 1.807) is 67.6 Å². The Morgan fingerprint density at radius 1 is 0.579 bits per heavy atom. The van der Waals surface area contributed by atoms with Gasteiger partial charge in [-0.15, -0.1) is 0 Å². The summed E-state index contributed by atoms with van der Waals surface area (Å²) in [6, 6.07) is 9.83. The number of rotatable bonds is 24. The number of aliphatic hydroxyl groups is 2. The quantitative estimate of drug-likeness (QED) is 0.0568. The van der Waals surface area contributed by atoms with E-state index in [0.29, 0.717) is 36.9 Å². The molecule has 2 aromatic rings. The highest BCUT2D eigenvalue weighted by Crippen LogP contribution is 2.13. The lowest BCUT2D eigenvalue weighted by Gasteiger charge is -2.30.